The fraction of sp³-hybridized carbons (Fsp3) is 0. The lowest BCUT2D eigenvalue weighted by atomic mass is 10.1. The number of hydrogen-bond donors (Lipinski definition) is 1. The van der Waals surface area contributed by atoms with Gasteiger partial charge in [0, 0.05) is 18.0 Å². The van der Waals surface area contributed by atoms with Gasteiger partial charge >= 0.3 is 6.03 Å². The maximum absolute atomic E-state index is 12.8. The van der Waals surface area contributed by atoms with E-state index in [4.69, 9.17) is 4.42 Å². The zero-order valence-corrected chi connectivity index (χ0v) is 14.8. The van der Waals surface area contributed by atoms with E-state index in [1.165, 1.54) is 30.6 Å². The van der Waals surface area contributed by atoms with E-state index < -0.39 is 17.8 Å². The largest absolute Gasteiger partial charge is 0.457 e. The molecule has 1 aromatic carbocycles. The molecule has 1 fully saturated rings. The summed E-state index contributed by atoms with van der Waals surface area (Å²) < 4.78 is 5.71. The van der Waals surface area contributed by atoms with Gasteiger partial charge in [0.15, 0.2) is 0 Å². The summed E-state index contributed by atoms with van der Waals surface area (Å²) >= 11 is 0. The summed E-state index contributed by atoms with van der Waals surface area (Å²) in [6.45, 7) is 0. The molecule has 4 rings (SSSR count). The highest BCUT2D eigenvalue weighted by Crippen LogP contribution is 2.27. The van der Waals surface area contributed by atoms with Gasteiger partial charge in [0.05, 0.1) is 17.3 Å². The molecule has 1 saturated heterocycles. The molecule has 0 radical (unpaired) electrons. The first-order chi connectivity index (χ1) is 14.1. The Morgan fingerprint density at radius 3 is 2.55 bits per heavy atom. The number of hydrogen-bond acceptors (Lipinski definition) is 6. The molecule has 1 aliphatic heterocycles. The summed E-state index contributed by atoms with van der Waals surface area (Å²) in [6, 6.07) is 14.3. The number of nitrogens with zero attached hydrogens (tertiary/aromatic N) is 3. The zero-order chi connectivity index (χ0) is 20.4. The van der Waals surface area contributed by atoms with Crippen LogP contribution in [-0.2, 0) is 9.59 Å². The van der Waals surface area contributed by atoms with Gasteiger partial charge in [0.1, 0.15) is 17.1 Å². The Bertz CT molecular complexity index is 1200. The standard InChI is InChI=1S/C21H12N4O4/c22-12-13-3-1-2-4-16(13)18-6-5-15(29-18)11-17-19(26)24-21(28)25(20(17)27)14-7-9-23-10-8-14/h1-11H,(H,24,26,28)/b17-11+. The summed E-state index contributed by atoms with van der Waals surface area (Å²) in [5, 5.41) is 11.4. The molecular formula is C21H12N4O4. The molecule has 0 spiro atoms. The van der Waals surface area contributed by atoms with Gasteiger partial charge < -0.3 is 4.42 Å². The third-order valence-corrected chi connectivity index (χ3v) is 4.25. The van der Waals surface area contributed by atoms with E-state index in [2.05, 4.69) is 16.4 Å². The smallest absolute Gasteiger partial charge is 0.335 e. The second kappa shape index (κ2) is 7.25. The number of anilines is 1. The highest BCUT2D eigenvalue weighted by atomic mass is 16.3. The average molecular weight is 384 g/mol. The van der Waals surface area contributed by atoms with Crippen molar-refractivity contribution in [2.45, 2.75) is 0 Å². The minimum absolute atomic E-state index is 0.232. The van der Waals surface area contributed by atoms with E-state index in [1.54, 1.807) is 36.4 Å². The van der Waals surface area contributed by atoms with Crippen LogP contribution in [0.5, 0.6) is 0 Å². The third kappa shape index (κ3) is 3.28. The number of furan rings is 1. The topological polar surface area (TPSA) is 116 Å². The molecular weight excluding hydrogens is 372 g/mol. The van der Waals surface area contributed by atoms with Crippen molar-refractivity contribution in [1.82, 2.24) is 10.3 Å². The van der Waals surface area contributed by atoms with E-state index in [9.17, 15) is 19.6 Å². The lowest BCUT2D eigenvalue weighted by Gasteiger charge is -2.25. The molecule has 140 valence electrons. The van der Waals surface area contributed by atoms with E-state index in [0.29, 0.717) is 16.9 Å². The Morgan fingerprint density at radius 2 is 1.79 bits per heavy atom. The highest BCUT2D eigenvalue weighted by molar-refractivity contribution is 6.39. The molecule has 8 heteroatoms. The summed E-state index contributed by atoms with van der Waals surface area (Å²) in [5.74, 6) is -0.948. The Labute approximate surface area is 164 Å². The van der Waals surface area contributed by atoms with Gasteiger partial charge in [-0.25, -0.2) is 9.69 Å². The van der Waals surface area contributed by atoms with Crippen LogP contribution in [0.1, 0.15) is 11.3 Å². The minimum atomic E-state index is -0.841. The molecule has 1 aliphatic rings. The quantitative estimate of drug-likeness (QED) is 0.548. The van der Waals surface area contributed by atoms with Gasteiger partial charge in [0.25, 0.3) is 11.8 Å². The van der Waals surface area contributed by atoms with Crippen LogP contribution in [0.15, 0.2) is 70.9 Å². The van der Waals surface area contributed by atoms with Crippen LogP contribution in [0.3, 0.4) is 0 Å². The van der Waals surface area contributed by atoms with E-state index >= 15 is 0 Å². The van der Waals surface area contributed by atoms with Crippen LogP contribution >= 0.6 is 0 Å². The number of rotatable bonds is 3. The fourth-order valence-corrected chi connectivity index (χ4v) is 2.90. The molecule has 2 aromatic heterocycles. The average Bonchev–Trinajstić information content (AvgIpc) is 3.20. The number of barbiturate groups is 1. The van der Waals surface area contributed by atoms with Gasteiger partial charge in [-0.1, -0.05) is 12.1 Å². The van der Waals surface area contributed by atoms with Gasteiger partial charge in [-0.15, -0.1) is 0 Å². The molecule has 3 heterocycles. The Kier molecular flexibility index (Phi) is 4.47. The number of nitrogens with one attached hydrogen (secondary N) is 1. The van der Waals surface area contributed by atoms with Gasteiger partial charge in [-0.3, -0.25) is 19.9 Å². The van der Waals surface area contributed by atoms with Crippen molar-refractivity contribution < 1.29 is 18.8 Å². The number of benzene rings is 1. The van der Waals surface area contributed by atoms with Crippen molar-refractivity contribution in [3.63, 3.8) is 0 Å². The summed E-state index contributed by atoms with van der Waals surface area (Å²) in [5.41, 5.74) is 1.05. The molecule has 0 atom stereocenters. The fourth-order valence-electron chi connectivity index (χ4n) is 2.90. The zero-order valence-electron chi connectivity index (χ0n) is 14.8. The van der Waals surface area contributed by atoms with Crippen LogP contribution in [0, 0.1) is 11.3 Å². The van der Waals surface area contributed by atoms with Gasteiger partial charge in [-0.2, -0.15) is 5.26 Å². The summed E-state index contributed by atoms with van der Waals surface area (Å²) in [4.78, 5) is 41.9. The number of imide groups is 2. The molecule has 0 saturated carbocycles. The Balaban J connectivity index is 1.70. The van der Waals surface area contributed by atoms with Crippen LogP contribution in [0.4, 0.5) is 10.5 Å². The van der Waals surface area contributed by atoms with E-state index in [1.807, 2.05) is 0 Å². The molecule has 1 N–H and O–H groups in total. The normalized spacial score (nSPS) is 15.3. The van der Waals surface area contributed by atoms with E-state index in [-0.39, 0.29) is 17.0 Å². The predicted octanol–water partition coefficient (Wildman–Crippen LogP) is 2.88. The van der Waals surface area contributed by atoms with Crippen molar-refractivity contribution >= 4 is 29.6 Å². The number of carbonyl (C=O) groups excluding carboxylic acids is 3. The Morgan fingerprint density at radius 1 is 1.03 bits per heavy atom. The van der Waals surface area contributed by atoms with Crippen molar-refractivity contribution in [3.05, 3.63) is 77.8 Å². The first-order valence-corrected chi connectivity index (χ1v) is 8.49. The van der Waals surface area contributed by atoms with Crippen LogP contribution in [-0.4, -0.2) is 22.8 Å². The summed E-state index contributed by atoms with van der Waals surface area (Å²) in [7, 11) is 0. The second-order valence-corrected chi connectivity index (χ2v) is 6.02. The molecule has 4 amide bonds. The predicted molar refractivity (Wildman–Crippen MR) is 102 cm³/mol. The molecule has 29 heavy (non-hydrogen) atoms. The lowest BCUT2D eigenvalue weighted by molar-refractivity contribution is -0.122. The number of carbonyl (C=O) groups is 3. The molecule has 3 aromatic rings. The third-order valence-electron chi connectivity index (χ3n) is 4.25. The van der Waals surface area contributed by atoms with Crippen molar-refractivity contribution in [2.24, 2.45) is 0 Å². The number of nitriles is 1. The molecule has 0 bridgehead atoms. The maximum Gasteiger partial charge on any atom is 0.335 e. The highest BCUT2D eigenvalue weighted by Gasteiger charge is 2.37. The monoisotopic (exact) mass is 384 g/mol. The van der Waals surface area contributed by atoms with E-state index in [0.717, 1.165) is 4.90 Å². The van der Waals surface area contributed by atoms with Crippen LogP contribution in [0.25, 0.3) is 17.4 Å². The first kappa shape index (κ1) is 17.9. The lowest BCUT2D eigenvalue weighted by Crippen LogP contribution is -2.54. The number of amides is 4. The van der Waals surface area contributed by atoms with Crippen molar-refractivity contribution in [1.29, 1.82) is 5.26 Å². The van der Waals surface area contributed by atoms with Crippen molar-refractivity contribution in [3.8, 4) is 17.4 Å². The number of aromatic nitrogens is 1. The van der Waals surface area contributed by atoms with Gasteiger partial charge in [0.2, 0.25) is 0 Å². The molecule has 0 aliphatic carbocycles. The second-order valence-electron chi connectivity index (χ2n) is 6.02. The molecule has 0 unspecified atom stereocenters. The van der Waals surface area contributed by atoms with Crippen molar-refractivity contribution in [2.75, 3.05) is 4.90 Å². The minimum Gasteiger partial charge on any atom is -0.457 e. The molecule has 8 nitrogen and oxygen atoms in total. The van der Waals surface area contributed by atoms with Crippen LogP contribution in [0.2, 0.25) is 0 Å². The first-order valence-electron chi connectivity index (χ1n) is 8.49. The Hall–Kier alpha value is -4.51. The summed E-state index contributed by atoms with van der Waals surface area (Å²) in [6.07, 6.45) is 4.12. The number of pyridine rings is 1. The van der Waals surface area contributed by atoms with Crippen LogP contribution < -0.4 is 10.2 Å². The van der Waals surface area contributed by atoms with Gasteiger partial charge in [-0.05, 0) is 42.5 Å². The SMILES string of the molecule is N#Cc1ccccc1-c1ccc(/C=C2\C(=O)NC(=O)N(c3ccncc3)C2=O)o1. The number of urea groups is 1. The maximum atomic E-state index is 12.8.